The summed E-state index contributed by atoms with van der Waals surface area (Å²) in [5.41, 5.74) is 0.485. The van der Waals surface area contributed by atoms with Crippen LogP contribution in [0.2, 0.25) is 0 Å². The van der Waals surface area contributed by atoms with Crippen LogP contribution in [0.15, 0.2) is 24.3 Å². The molecule has 138 valence electrons. The monoisotopic (exact) mass is 374 g/mol. The molecular formula is C14H18N2O8S. The number of nitro groups is 1. The zero-order valence-electron chi connectivity index (χ0n) is 13.4. The first-order chi connectivity index (χ1) is 11.7. The molecule has 1 amide bonds. The van der Waals surface area contributed by atoms with Gasteiger partial charge in [-0.15, -0.1) is 0 Å². The van der Waals surface area contributed by atoms with Gasteiger partial charge in [0.05, 0.1) is 36.5 Å². The van der Waals surface area contributed by atoms with Crippen molar-refractivity contribution < 1.29 is 32.2 Å². The molecular weight excluding hydrogens is 356 g/mol. The summed E-state index contributed by atoms with van der Waals surface area (Å²) in [5.74, 6) is 0. The molecule has 1 aliphatic rings. The SMILES string of the molecule is CS(=O)(=O)OC1CC(CO)N(C(=O)OCc2ccc([N+](=O)[O-])cc2)C1. The normalized spacial score (nSPS) is 20.5. The van der Waals surface area contributed by atoms with E-state index >= 15 is 0 Å². The third kappa shape index (κ3) is 5.37. The van der Waals surface area contributed by atoms with Gasteiger partial charge in [0.1, 0.15) is 6.61 Å². The van der Waals surface area contributed by atoms with Gasteiger partial charge >= 0.3 is 6.09 Å². The zero-order chi connectivity index (χ0) is 18.6. The maximum atomic E-state index is 12.2. The number of hydrogen-bond donors (Lipinski definition) is 1. The molecule has 1 saturated heterocycles. The average molecular weight is 374 g/mol. The Bertz CT molecular complexity index is 734. The highest BCUT2D eigenvalue weighted by Crippen LogP contribution is 2.23. The van der Waals surface area contributed by atoms with Crippen LogP contribution in [-0.4, -0.2) is 61.0 Å². The number of rotatable bonds is 6. The highest BCUT2D eigenvalue weighted by molar-refractivity contribution is 7.86. The number of benzene rings is 1. The molecule has 2 rings (SSSR count). The molecule has 11 heteroatoms. The van der Waals surface area contributed by atoms with Gasteiger partial charge < -0.3 is 14.7 Å². The first kappa shape index (κ1) is 19.1. The predicted octanol–water partition coefficient (Wildman–Crippen LogP) is 0.643. The molecule has 0 spiro atoms. The van der Waals surface area contributed by atoms with Gasteiger partial charge in [-0.05, 0) is 24.1 Å². The van der Waals surface area contributed by atoms with Gasteiger partial charge in [0.25, 0.3) is 15.8 Å². The third-order valence-electron chi connectivity index (χ3n) is 3.64. The molecule has 1 N–H and O–H groups in total. The Morgan fingerprint density at radius 2 is 2.04 bits per heavy atom. The summed E-state index contributed by atoms with van der Waals surface area (Å²) in [6.07, 6.45) is -0.372. The van der Waals surface area contributed by atoms with Crippen LogP contribution in [0.4, 0.5) is 10.5 Å². The molecule has 2 atom stereocenters. The van der Waals surface area contributed by atoms with E-state index in [1.807, 2.05) is 0 Å². The summed E-state index contributed by atoms with van der Waals surface area (Å²) < 4.78 is 32.3. The molecule has 2 unspecified atom stereocenters. The number of nitrogens with zero attached hydrogens (tertiary/aromatic N) is 2. The molecule has 10 nitrogen and oxygen atoms in total. The number of ether oxygens (including phenoxy) is 1. The smallest absolute Gasteiger partial charge is 0.410 e. The van der Waals surface area contributed by atoms with Crippen molar-refractivity contribution >= 4 is 21.9 Å². The second-order valence-electron chi connectivity index (χ2n) is 5.62. The number of likely N-dealkylation sites (tertiary alicyclic amines) is 1. The van der Waals surface area contributed by atoms with Gasteiger partial charge in [0.2, 0.25) is 0 Å². The molecule has 1 aromatic carbocycles. The van der Waals surface area contributed by atoms with E-state index in [0.717, 1.165) is 6.26 Å². The number of aliphatic hydroxyl groups is 1. The lowest BCUT2D eigenvalue weighted by Gasteiger charge is -2.21. The topological polar surface area (TPSA) is 136 Å². The highest BCUT2D eigenvalue weighted by atomic mass is 32.2. The number of hydrogen-bond acceptors (Lipinski definition) is 8. The molecule has 25 heavy (non-hydrogen) atoms. The van der Waals surface area contributed by atoms with E-state index in [0.29, 0.717) is 5.56 Å². The second kappa shape index (κ2) is 7.76. The standard InChI is InChI=1S/C14H18N2O8S/c1-25(21,22)24-13-6-12(8-17)15(7-13)14(18)23-9-10-2-4-11(5-3-10)16(19)20/h2-5,12-13,17H,6-9H2,1H3. The second-order valence-corrected chi connectivity index (χ2v) is 7.23. The largest absolute Gasteiger partial charge is 0.445 e. The molecule has 1 aliphatic heterocycles. The Balaban J connectivity index is 1.93. The maximum absolute atomic E-state index is 12.2. The minimum Gasteiger partial charge on any atom is -0.445 e. The van der Waals surface area contributed by atoms with Crippen LogP contribution in [0.1, 0.15) is 12.0 Å². The number of non-ortho nitro benzene ring substituents is 1. The average Bonchev–Trinajstić information content (AvgIpc) is 2.94. The lowest BCUT2D eigenvalue weighted by atomic mass is 10.2. The van der Waals surface area contributed by atoms with Crippen LogP contribution >= 0.6 is 0 Å². The first-order valence-electron chi connectivity index (χ1n) is 7.35. The minimum atomic E-state index is -3.67. The van der Waals surface area contributed by atoms with E-state index < -0.39 is 33.3 Å². The van der Waals surface area contributed by atoms with Gasteiger partial charge in [-0.2, -0.15) is 8.42 Å². The predicted molar refractivity (Wildman–Crippen MR) is 85.2 cm³/mol. The highest BCUT2D eigenvalue weighted by Gasteiger charge is 2.38. The molecule has 0 aromatic heterocycles. The number of amides is 1. The molecule has 1 heterocycles. The van der Waals surface area contributed by atoms with E-state index in [1.54, 1.807) is 0 Å². The summed E-state index contributed by atoms with van der Waals surface area (Å²) in [4.78, 5) is 23.4. The summed E-state index contributed by atoms with van der Waals surface area (Å²) in [7, 11) is -3.67. The Morgan fingerprint density at radius 1 is 1.40 bits per heavy atom. The van der Waals surface area contributed by atoms with Crippen molar-refractivity contribution in [2.24, 2.45) is 0 Å². The molecule has 0 bridgehead atoms. The molecule has 1 aromatic rings. The summed E-state index contributed by atoms with van der Waals surface area (Å²) >= 11 is 0. The number of nitro benzene ring substituents is 1. The Kier molecular flexibility index (Phi) is 5.93. The van der Waals surface area contributed by atoms with Crippen LogP contribution < -0.4 is 0 Å². The van der Waals surface area contributed by atoms with E-state index in [4.69, 9.17) is 8.92 Å². The van der Waals surface area contributed by atoms with Crippen LogP contribution in [-0.2, 0) is 25.6 Å². The quantitative estimate of drug-likeness (QED) is 0.435. The summed E-state index contributed by atoms with van der Waals surface area (Å²) in [6.45, 7) is -0.475. The Labute approximate surface area is 144 Å². The van der Waals surface area contributed by atoms with Crippen molar-refractivity contribution in [2.75, 3.05) is 19.4 Å². The number of aliphatic hydroxyl groups excluding tert-OH is 1. The van der Waals surface area contributed by atoms with Crippen LogP contribution in [0, 0.1) is 10.1 Å². The van der Waals surface area contributed by atoms with Crippen molar-refractivity contribution in [2.45, 2.75) is 25.2 Å². The maximum Gasteiger partial charge on any atom is 0.410 e. The van der Waals surface area contributed by atoms with Crippen molar-refractivity contribution in [3.63, 3.8) is 0 Å². The fourth-order valence-electron chi connectivity index (χ4n) is 2.53. The number of carbonyl (C=O) groups is 1. The number of carbonyl (C=O) groups excluding carboxylic acids is 1. The molecule has 0 aliphatic carbocycles. The summed E-state index contributed by atoms with van der Waals surface area (Å²) in [5, 5.41) is 19.9. The van der Waals surface area contributed by atoms with Gasteiger partial charge in [-0.1, -0.05) is 0 Å². The van der Waals surface area contributed by atoms with E-state index in [2.05, 4.69) is 0 Å². The zero-order valence-corrected chi connectivity index (χ0v) is 14.2. The molecule has 1 fully saturated rings. The molecule has 0 saturated carbocycles. The fourth-order valence-corrected chi connectivity index (χ4v) is 3.16. The fraction of sp³-hybridized carbons (Fsp3) is 0.500. The van der Waals surface area contributed by atoms with Gasteiger partial charge in [-0.3, -0.25) is 14.3 Å². The third-order valence-corrected chi connectivity index (χ3v) is 4.26. The van der Waals surface area contributed by atoms with Crippen molar-refractivity contribution in [1.82, 2.24) is 4.90 Å². The van der Waals surface area contributed by atoms with Crippen LogP contribution in [0.5, 0.6) is 0 Å². The Morgan fingerprint density at radius 3 is 2.56 bits per heavy atom. The van der Waals surface area contributed by atoms with E-state index in [1.165, 1.54) is 29.2 Å². The van der Waals surface area contributed by atoms with Crippen molar-refractivity contribution in [3.8, 4) is 0 Å². The van der Waals surface area contributed by atoms with Crippen LogP contribution in [0.25, 0.3) is 0 Å². The Hall–Kier alpha value is -2.24. The van der Waals surface area contributed by atoms with Gasteiger partial charge in [0.15, 0.2) is 0 Å². The lowest BCUT2D eigenvalue weighted by molar-refractivity contribution is -0.384. The van der Waals surface area contributed by atoms with E-state index in [9.17, 15) is 28.4 Å². The minimum absolute atomic E-state index is 0.0165. The first-order valence-corrected chi connectivity index (χ1v) is 9.17. The van der Waals surface area contributed by atoms with Crippen molar-refractivity contribution in [3.05, 3.63) is 39.9 Å². The van der Waals surface area contributed by atoms with Gasteiger partial charge in [0, 0.05) is 12.1 Å². The lowest BCUT2D eigenvalue weighted by Crippen LogP contribution is -2.38. The van der Waals surface area contributed by atoms with Crippen LogP contribution in [0.3, 0.4) is 0 Å². The van der Waals surface area contributed by atoms with Crippen molar-refractivity contribution in [1.29, 1.82) is 0 Å². The van der Waals surface area contributed by atoms with E-state index in [-0.39, 0.29) is 31.9 Å². The summed E-state index contributed by atoms with van der Waals surface area (Å²) in [6, 6.07) is 4.93. The van der Waals surface area contributed by atoms with Gasteiger partial charge in [-0.25, -0.2) is 4.79 Å². The molecule has 0 radical (unpaired) electrons.